The third-order valence-electron chi connectivity index (χ3n) is 2.89. The van der Waals surface area contributed by atoms with Gasteiger partial charge < -0.3 is 27.7 Å². The van der Waals surface area contributed by atoms with Crippen molar-refractivity contribution in [3.05, 3.63) is 0 Å². The van der Waals surface area contributed by atoms with Gasteiger partial charge in [-0.25, -0.2) is 33.7 Å². The normalized spacial score (nSPS) is 29.6. The Morgan fingerprint density at radius 2 is 1.10 bits per heavy atom. The Labute approximate surface area is 164 Å². The Morgan fingerprint density at radius 1 is 0.690 bits per heavy atom. The van der Waals surface area contributed by atoms with Crippen molar-refractivity contribution >= 4 is 41.6 Å². The first-order valence-electron chi connectivity index (χ1n) is 6.52. The average molecular weight is 510 g/mol. The van der Waals surface area contributed by atoms with E-state index in [1.54, 1.807) is 0 Å². The monoisotopic (exact) mass is 510 g/mol. The van der Waals surface area contributed by atoms with E-state index in [9.17, 15) is 51.9 Å². The van der Waals surface area contributed by atoms with Crippen molar-refractivity contribution in [1.29, 1.82) is 0 Å². The molecule has 0 bridgehead atoms. The van der Waals surface area contributed by atoms with Crippen molar-refractivity contribution in [2.24, 2.45) is 0 Å². The lowest BCUT2D eigenvalue weighted by molar-refractivity contribution is -0.279. The van der Waals surface area contributed by atoms with Gasteiger partial charge in [0.25, 0.3) is 0 Å². The van der Waals surface area contributed by atoms with E-state index in [-0.39, 0.29) is 0 Å². The van der Waals surface area contributed by atoms with Crippen LogP contribution in [-0.2, 0) is 67.8 Å². The average Bonchev–Trinajstić information content (AvgIpc) is 2.44. The van der Waals surface area contributed by atoms with Gasteiger partial charge in [0.05, 0.1) is 6.61 Å². The molecular weight excluding hydrogens is 500 g/mol. The summed E-state index contributed by atoms with van der Waals surface area (Å²) in [5, 5.41) is 0. The van der Waals surface area contributed by atoms with Crippen LogP contribution in [0.4, 0.5) is 0 Å². The fourth-order valence-corrected chi connectivity index (χ4v) is 3.86. The van der Waals surface area contributed by atoms with E-state index in [0.717, 1.165) is 7.11 Å². The summed E-state index contributed by atoms with van der Waals surface area (Å²) in [6.07, 6.45) is -12.3. The molecule has 1 saturated heterocycles. The minimum absolute atomic E-state index is 0.745. The van der Waals surface area contributed by atoms with Gasteiger partial charge in [0, 0.05) is 7.11 Å². The van der Waals surface area contributed by atoms with Gasteiger partial charge in [-0.1, -0.05) is 0 Å². The predicted molar refractivity (Wildman–Crippen MR) is 75.0 cm³/mol. The molecule has 0 spiro atoms. The van der Waals surface area contributed by atoms with E-state index in [1.807, 2.05) is 0 Å². The molecule has 0 aromatic carbocycles. The van der Waals surface area contributed by atoms with Gasteiger partial charge in [0.2, 0.25) is 41.6 Å². The lowest BCUT2D eigenvalue weighted by Gasteiger charge is -2.44. The molecule has 0 saturated carbocycles. The fraction of sp³-hybridized carbons (Fsp3) is 1.00. The number of hydrogen-bond donors (Lipinski definition) is 0. The molecule has 0 unspecified atom stereocenters. The lowest BCUT2D eigenvalue weighted by atomic mass is 9.99. The smallest absolute Gasteiger partial charge is 0.218 e. The van der Waals surface area contributed by atoms with Crippen LogP contribution in [0.1, 0.15) is 0 Å². The number of ether oxygens (including phenoxy) is 2. The molecule has 0 aliphatic carbocycles. The highest BCUT2D eigenvalue weighted by Gasteiger charge is 2.52. The highest BCUT2D eigenvalue weighted by Crippen LogP contribution is 2.31. The quantitative estimate of drug-likeness (QED) is 0.197. The van der Waals surface area contributed by atoms with E-state index in [2.05, 4.69) is 21.5 Å². The highest BCUT2D eigenvalue weighted by molar-refractivity contribution is 7.81. The van der Waals surface area contributed by atoms with Crippen molar-refractivity contribution in [3.63, 3.8) is 0 Å². The van der Waals surface area contributed by atoms with Crippen molar-refractivity contribution in [3.8, 4) is 0 Å². The Bertz CT molecular complexity index is 977. The molecule has 1 rings (SSSR count). The second kappa shape index (κ2) is 9.27. The zero-order valence-corrected chi connectivity index (χ0v) is 16.8. The van der Waals surface area contributed by atoms with Crippen molar-refractivity contribution in [2.45, 2.75) is 30.7 Å². The molecule has 29 heavy (non-hydrogen) atoms. The first-order valence-corrected chi connectivity index (χ1v) is 11.9. The van der Waals surface area contributed by atoms with E-state index < -0.39 is 78.9 Å². The lowest BCUT2D eigenvalue weighted by Crippen LogP contribution is -2.62. The maximum Gasteiger partial charge on any atom is 0.218 e. The Morgan fingerprint density at radius 3 is 1.48 bits per heavy atom. The van der Waals surface area contributed by atoms with Gasteiger partial charge in [-0.05, 0) is 0 Å². The topological polar surface area (TPSA) is 284 Å². The molecule has 0 aromatic heterocycles. The van der Waals surface area contributed by atoms with Crippen LogP contribution in [0.25, 0.3) is 0 Å². The summed E-state index contributed by atoms with van der Waals surface area (Å²) in [5.41, 5.74) is 0. The first kappa shape index (κ1) is 26.4. The highest BCUT2D eigenvalue weighted by atomic mass is 32.3. The van der Waals surface area contributed by atoms with E-state index >= 15 is 0 Å². The number of methoxy groups -OCH3 is 1. The largest absolute Gasteiger partial charge is 0.726 e. The van der Waals surface area contributed by atoms with Gasteiger partial charge in [-0.15, -0.1) is 0 Å². The third kappa shape index (κ3) is 9.83. The van der Waals surface area contributed by atoms with Crippen LogP contribution >= 0.6 is 0 Å². The zero-order chi connectivity index (χ0) is 22.8. The van der Waals surface area contributed by atoms with Crippen LogP contribution in [-0.4, -0.2) is 96.3 Å². The van der Waals surface area contributed by atoms with Crippen LogP contribution in [0.15, 0.2) is 0 Å². The summed E-state index contributed by atoms with van der Waals surface area (Å²) in [5.74, 6) is 0. The predicted octanol–water partition coefficient (Wildman–Crippen LogP) is -4.63. The van der Waals surface area contributed by atoms with Crippen LogP contribution in [0, 0.1) is 0 Å². The minimum Gasteiger partial charge on any atom is -0.726 e. The third-order valence-corrected chi connectivity index (χ3v) is 4.69. The summed E-state index contributed by atoms with van der Waals surface area (Å²) in [4.78, 5) is 0. The second-order valence-corrected chi connectivity index (χ2v) is 8.96. The molecule has 5 atom stereocenters. The van der Waals surface area contributed by atoms with Gasteiger partial charge in [-0.3, -0.25) is 16.7 Å². The van der Waals surface area contributed by atoms with Gasteiger partial charge in [0.15, 0.2) is 12.4 Å². The molecule has 1 aliphatic rings. The summed E-state index contributed by atoms with van der Waals surface area (Å²) in [6.45, 7) is -1.46. The molecule has 174 valence electrons. The molecular formula is C7H10O18S4-4. The van der Waals surface area contributed by atoms with Gasteiger partial charge in [-0.2, -0.15) is 0 Å². The molecule has 0 amide bonds. The second-order valence-electron chi connectivity index (χ2n) is 4.88. The van der Waals surface area contributed by atoms with Crippen LogP contribution < -0.4 is 0 Å². The Kier molecular flexibility index (Phi) is 8.45. The summed E-state index contributed by atoms with van der Waals surface area (Å²) < 4.78 is 155. The van der Waals surface area contributed by atoms with Crippen LogP contribution in [0.2, 0.25) is 0 Å². The summed E-state index contributed by atoms with van der Waals surface area (Å²) in [7, 11) is -22.1. The first-order chi connectivity index (χ1) is 12.8. The summed E-state index contributed by atoms with van der Waals surface area (Å²) in [6, 6.07) is 0. The molecule has 0 N–H and O–H groups in total. The summed E-state index contributed by atoms with van der Waals surface area (Å²) >= 11 is 0. The molecule has 1 aliphatic heterocycles. The van der Waals surface area contributed by atoms with E-state index in [4.69, 9.17) is 4.74 Å². The SMILES string of the molecule is CO[C@H]1O[C@H](COS(=O)(=O)[O-])[C@@H](OS(=O)(=O)[O-])[C@H](OS(=O)(=O)[O-])[C@@H]1OS(=O)(=O)[O-]. The Balaban J connectivity index is 3.49. The van der Waals surface area contributed by atoms with Crippen molar-refractivity contribution in [2.75, 3.05) is 13.7 Å². The molecule has 1 fully saturated rings. The van der Waals surface area contributed by atoms with Gasteiger partial charge in [0.1, 0.15) is 18.3 Å². The number of hydrogen-bond acceptors (Lipinski definition) is 18. The standard InChI is InChI=1S/C7H14O18S4/c1-20-7-6(25-29(17,18)19)5(24-28(14,15)16)4(23-27(11,12)13)3(22-7)2-21-26(8,9)10/h3-7H,2H2,1H3,(H,8,9,10)(H,11,12,13)(H,14,15,16)(H,17,18,19)/p-4/t3-,4-,5+,6+,7+/m1/s1. The van der Waals surface area contributed by atoms with Crippen molar-refractivity contribution < 1.29 is 78.1 Å². The molecule has 18 nitrogen and oxygen atoms in total. The molecule has 0 aromatic rings. The van der Waals surface area contributed by atoms with E-state index in [1.165, 1.54) is 0 Å². The molecule has 1 heterocycles. The van der Waals surface area contributed by atoms with Gasteiger partial charge >= 0.3 is 0 Å². The van der Waals surface area contributed by atoms with Crippen LogP contribution in [0.3, 0.4) is 0 Å². The fourth-order valence-electron chi connectivity index (χ4n) is 2.09. The molecule has 22 heteroatoms. The number of rotatable bonds is 10. The maximum atomic E-state index is 10.9. The Hall–Kier alpha value is -0.600. The minimum atomic E-state index is -5.83. The van der Waals surface area contributed by atoms with E-state index in [0.29, 0.717) is 0 Å². The zero-order valence-electron chi connectivity index (χ0n) is 13.6. The van der Waals surface area contributed by atoms with Crippen LogP contribution in [0.5, 0.6) is 0 Å². The maximum absolute atomic E-state index is 10.9. The molecule has 0 radical (unpaired) electrons. The van der Waals surface area contributed by atoms with Crippen molar-refractivity contribution in [1.82, 2.24) is 0 Å².